The lowest BCUT2D eigenvalue weighted by Crippen LogP contribution is -2.53. The molecule has 15 heavy (non-hydrogen) atoms. The first-order valence-corrected chi connectivity index (χ1v) is 3.43. The van der Waals surface area contributed by atoms with E-state index in [4.69, 9.17) is 0 Å². The molecule has 1 amide bonds. The molecule has 1 atom stereocenters. The summed E-state index contributed by atoms with van der Waals surface area (Å²) in [5.74, 6) is -6.62. The average Bonchev–Trinajstić information content (AvgIpc) is 1.99. The number of carbonyl (C=O) groups is 3. The van der Waals surface area contributed by atoms with E-state index in [1.165, 1.54) is 0 Å². The van der Waals surface area contributed by atoms with Gasteiger partial charge in [0.05, 0.1) is 12.0 Å². The van der Waals surface area contributed by atoms with Gasteiger partial charge in [-0.2, -0.15) is 13.2 Å². The first-order chi connectivity index (χ1) is 6.64. The van der Waals surface area contributed by atoms with Gasteiger partial charge in [0.15, 0.2) is 0 Å². The molecule has 0 bridgehead atoms. The number of carboxylic acid groups (broad SMARTS) is 2. The predicted molar refractivity (Wildman–Crippen MR) is 32.6 cm³/mol. The zero-order chi connectivity index (χ0) is 12.2. The van der Waals surface area contributed by atoms with E-state index in [1.807, 2.05) is 0 Å². The van der Waals surface area contributed by atoms with E-state index < -0.39 is 36.5 Å². The Kier molecular flexibility index (Phi) is 4.07. The minimum absolute atomic E-state index is 0.941. The molecule has 0 aliphatic heterocycles. The number of carboxylic acids is 2. The van der Waals surface area contributed by atoms with Gasteiger partial charge in [-0.25, -0.2) is 0 Å². The van der Waals surface area contributed by atoms with Crippen LogP contribution < -0.4 is 15.5 Å². The number of hydrogen-bond acceptors (Lipinski definition) is 5. The van der Waals surface area contributed by atoms with Gasteiger partial charge in [0, 0.05) is 12.4 Å². The average molecular weight is 227 g/mol. The van der Waals surface area contributed by atoms with E-state index in [1.54, 1.807) is 0 Å². The van der Waals surface area contributed by atoms with E-state index in [-0.39, 0.29) is 0 Å². The van der Waals surface area contributed by atoms with Crippen LogP contribution in [0.15, 0.2) is 0 Å². The maximum atomic E-state index is 11.6. The van der Waals surface area contributed by atoms with Gasteiger partial charge in [-0.15, -0.1) is 0 Å². The van der Waals surface area contributed by atoms with Gasteiger partial charge in [0.1, 0.15) is 0 Å². The number of hydrogen-bond donors (Lipinski definition) is 1. The lowest BCUT2D eigenvalue weighted by molar-refractivity contribution is -0.317. The number of halogens is 3. The lowest BCUT2D eigenvalue weighted by Gasteiger charge is -2.20. The lowest BCUT2D eigenvalue weighted by atomic mass is 10.2. The van der Waals surface area contributed by atoms with Crippen LogP contribution in [0.5, 0.6) is 0 Å². The van der Waals surface area contributed by atoms with Crippen molar-refractivity contribution in [2.75, 3.05) is 0 Å². The van der Waals surface area contributed by atoms with Crippen molar-refractivity contribution in [2.24, 2.45) is 0 Å². The Hall–Kier alpha value is -1.80. The van der Waals surface area contributed by atoms with Gasteiger partial charge in [-0.1, -0.05) is 0 Å². The molecule has 0 saturated carbocycles. The third-order valence-electron chi connectivity index (χ3n) is 1.22. The summed E-state index contributed by atoms with van der Waals surface area (Å²) in [6, 6.07) is -2.27. The van der Waals surface area contributed by atoms with Crippen LogP contribution in [0.4, 0.5) is 13.2 Å². The molecule has 0 aliphatic rings. The highest BCUT2D eigenvalue weighted by atomic mass is 19.4. The van der Waals surface area contributed by atoms with Crippen LogP contribution in [0, 0.1) is 0 Å². The Balaban J connectivity index is 4.50. The first kappa shape index (κ1) is 13.2. The van der Waals surface area contributed by atoms with Crippen LogP contribution in [0.25, 0.3) is 0 Å². The minimum atomic E-state index is -5.29. The van der Waals surface area contributed by atoms with Gasteiger partial charge < -0.3 is 25.1 Å². The maximum absolute atomic E-state index is 11.6. The fraction of sp³-hybridized carbons (Fsp3) is 0.500. The number of aliphatic carboxylic acids is 2. The monoisotopic (exact) mass is 227 g/mol. The summed E-state index contributed by atoms with van der Waals surface area (Å²) in [4.78, 5) is 30.2. The molecular weight excluding hydrogens is 223 g/mol. The zero-order valence-electron chi connectivity index (χ0n) is 6.96. The minimum Gasteiger partial charge on any atom is -0.550 e. The third kappa shape index (κ3) is 4.84. The zero-order valence-corrected chi connectivity index (χ0v) is 6.96. The normalized spacial score (nSPS) is 13.0. The SMILES string of the molecule is O=C([O-])CC(NC(=O)C(F)(F)F)C(=O)[O-]. The van der Waals surface area contributed by atoms with Gasteiger partial charge >= 0.3 is 12.1 Å². The van der Waals surface area contributed by atoms with E-state index >= 15 is 0 Å². The fourth-order valence-corrected chi connectivity index (χ4v) is 0.600. The highest BCUT2D eigenvalue weighted by molar-refractivity contribution is 5.88. The van der Waals surface area contributed by atoms with Crippen LogP contribution in [0.1, 0.15) is 6.42 Å². The number of alkyl halides is 3. The van der Waals surface area contributed by atoms with Crippen molar-refractivity contribution in [3.05, 3.63) is 0 Å². The van der Waals surface area contributed by atoms with Gasteiger partial charge in [-0.05, 0) is 0 Å². The molecule has 0 aliphatic carbocycles. The summed E-state index contributed by atoms with van der Waals surface area (Å²) in [7, 11) is 0. The Labute approximate surface area is 80.7 Å². The smallest absolute Gasteiger partial charge is 0.471 e. The molecule has 0 radical (unpaired) electrons. The van der Waals surface area contributed by atoms with Crippen molar-refractivity contribution >= 4 is 17.8 Å². The van der Waals surface area contributed by atoms with E-state index in [9.17, 15) is 37.8 Å². The molecule has 0 fully saturated rings. The second-order valence-electron chi connectivity index (χ2n) is 2.42. The maximum Gasteiger partial charge on any atom is 0.471 e. The molecule has 0 heterocycles. The summed E-state index contributed by atoms with van der Waals surface area (Å²) < 4.78 is 34.9. The van der Waals surface area contributed by atoms with Crippen molar-refractivity contribution < 1.29 is 37.8 Å². The molecule has 0 saturated heterocycles. The molecular formula is C6H4F3NO5-2. The second-order valence-corrected chi connectivity index (χ2v) is 2.42. The van der Waals surface area contributed by atoms with Crippen molar-refractivity contribution in [1.29, 1.82) is 0 Å². The number of nitrogens with one attached hydrogen (secondary N) is 1. The number of rotatable bonds is 4. The second kappa shape index (κ2) is 4.62. The highest BCUT2D eigenvalue weighted by Crippen LogP contribution is 2.14. The molecule has 86 valence electrons. The number of carbonyl (C=O) groups excluding carboxylic acids is 3. The van der Waals surface area contributed by atoms with Crippen molar-refractivity contribution in [2.45, 2.75) is 18.6 Å². The summed E-state index contributed by atoms with van der Waals surface area (Å²) in [5.41, 5.74) is 0. The van der Waals surface area contributed by atoms with Crippen LogP contribution in [-0.4, -0.2) is 30.1 Å². The van der Waals surface area contributed by atoms with Crippen molar-refractivity contribution in [3.63, 3.8) is 0 Å². The molecule has 6 nitrogen and oxygen atoms in total. The summed E-state index contributed by atoms with van der Waals surface area (Å²) in [6.45, 7) is 0. The molecule has 0 aromatic carbocycles. The molecule has 0 aromatic rings. The van der Waals surface area contributed by atoms with E-state index in [0.717, 1.165) is 5.32 Å². The molecule has 1 unspecified atom stereocenters. The van der Waals surface area contributed by atoms with E-state index in [2.05, 4.69) is 0 Å². The van der Waals surface area contributed by atoms with Crippen LogP contribution >= 0.6 is 0 Å². The molecule has 1 N–H and O–H groups in total. The Morgan fingerprint density at radius 2 is 1.67 bits per heavy atom. The summed E-state index contributed by atoms with van der Waals surface area (Å²) in [6.07, 6.45) is -6.59. The Bertz CT molecular complexity index is 287. The van der Waals surface area contributed by atoms with Gasteiger partial charge in [0.2, 0.25) is 0 Å². The predicted octanol–water partition coefficient (Wildman–Crippen LogP) is -3.08. The van der Waals surface area contributed by atoms with Gasteiger partial charge in [-0.3, -0.25) is 4.79 Å². The Morgan fingerprint density at radius 1 is 1.20 bits per heavy atom. The largest absolute Gasteiger partial charge is 0.550 e. The van der Waals surface area contributed by atoms with Gasteiger partial charge in [0.25, 0.3) is 0 Å². The quantitative estimate of drug-likeness (QED) is 0.547. The summed E-state index contributed by atoms with van der Waals surface area (Å²) >= 11 is 0. The molecule has 0 spiro atoms. The van der Waals surface area contributed by atoms with E-state index in [0.29, 0.717) is 0 Å². The standard InChI is InChI=1S/C6H6F3NO5/c7-6(8,9)5(15)10-2(4(13)14)1-3(11)12/h2H,1H2,(H,10,15)(H,11,12)(H,13,14)/p-2. The van der Waals surface area contributed by atoms with Crippen molar-refractivity contribution in [1.82, 2.24) is 5.32 Å². The van der Waals surface area contributed by atoms with Crippen molar-refractivity contribution in [3.8, 4) is 0 Å². The third-order valence-corrected chi connectivity index (χ3v) is 1.22. The highest BCUT2D eigenvalue weighted by Gasteiger charge is 2.39. The Morgan fingerprint density at radius 3 is 1.93 bits per heavy atom. The molecule has 0 rings (SSSR count). The summed E-state index contributed by atoms with van der Waals surface area (Å²) in [5, 5.41) is 21.0. The molecule has 9 heteroatoms. The van der Waals surface area contributed by atoms with Crippen LogP contribution in [0.2, 0.25) is 0 Å². The first-order valence-electron chi connectivity index (χ1n) is 3.43. The topological polar surface area (TPSA) is 109 Å². The fourth-order valence-electron chi connectivity index (χ4n) is 0.600. The number of amides is 1. The van der Waals surface area contributed by atoms with Crippen LogP contribution in [-0.2, 0) is 14.4 Å². The van der Waals surface area contributed by atoms with Crippen LogP contribution in [0.3, 0.4) is 0 Å². The molecule has 0 aromatic heterocycles.